The van der Waals surface area contributed by atoms with Crippen LogP contribution in [0.1, 0.15) is 18.9 Å². The molecule has 0 spiro atoms. The van der Waals surface area contributed by atoms with Gasteiger partial charge in [0.25, 0.3) is 0 Å². The fraction of sp³-hybridized carbons (Fsp3) is 0.263. The van der Waals surface area contributed by atoms with Crippen molar-refractivity contribution in [1.82, 2.24) is 5.32 Å². The van der Waals surface area contributed by atoms with Gasteiger partial charge < -0.3 is 16.0 Å². The van der Waals surface area contributed by atoms with Gasteiger partial charge in [0.15, 0.2) is 0 Å². The maximum atomic E-state index is 11.9. The molecule has 2 aromatic carbocycles. The predicted molar refractivity (Wildman–Crippen MR) is 107 cm³/mol. The molecule has 0 unspecified atom stereocenters. The molecular formula is C19H21Cl2N3O2. The smallest absolute Gasteiger partial charge is 0.225 e. The highest BCUT2D eigenvalue weighted by atomic mass is 35.5. The van der Waals surface area contributed by atoms with E-state index in [0.29, 0.717) is 34.4 Å². The molecule has 0 fully saturated rings. The van der Waals surface area contributed by atoms with Crippen LogP contribution in [0.3, 0.4) is 0 Å². The fourth-order valence-corrected chi connectivity index (χ4v) is 2.84. The quantitative estimate of drug-likeness (QED) is 0.590. The number of hydrogen-bond donors (Lipinski definition) is 3. The summed E-state index contributed by atoms with van der Waals surface area (Å²) in [7, 11) is 0. The summed E-state index contributed by atoms with van der Waals surface area (Å²) < 4.78 is 0. The van der Waals surface area contributed by atoms with Crippen LogP contribution in [0.2, 0.25) is 10.0 Å². The summed E-state index contributed by atoms with van der Waals surface area (Å²) in [6, 6.07) is 12.4. The van der Waals surface area contributed by atoms with Crippen molar-refractivity contribution in [2.75, 3.05) is 23.7 Å². The monoisotopic (exact) mass is 393 g/mol. The topological polar surface area (TPSA) is 70.2 Å². The molecule has 0 bridgehead atoms. The molecule has 138 valence electrons. The molecule has 2 rings (SSSR count). The van der Waals surface area contributed by atoms with Crippen LogP contribution in [0, 0.1) is 0 Å². The Morgan fingerprint density at radius 2 is 1.58 bits per heavy atom. The van der Waals surface area contributed by atoms with Crippen molar-refractivity contribution in [2.24, 2.45) is 0 Å². The van der Waals surface area contributed by atoms with E-state index in [1.165, 1.54) is 6.92 Å². The second kappa shape index (κ2) is 10.2. The van der Waals surface area contributed by atoms with E-state index < -0.39 is 0 Å². The van der Waals surface area contributed by atoms with Gasteiger partial charge >= 0.3 is 0 Å². The maximum absolute atomic E-state index is 11.9. The van der Waals surface area contributed by atoms with E-state index in [4.69, 9.17) is 23.2 Å². The van der Waals surface area contributed by atoms with E-state index in [9.17, 15) is 9.59 Å². The van der Waals surface area contributed by atoms with E-state index in [2.05, 4.69) is 16.0 Å². The number of anilines is 2. The number of rotatable bonds is 8. The van der Waals surface area contributed by atoms with Crippen molar-refractivity contribution in [3.63, 3.8) is 0 Å². The Kier molecular flexibility index (Phi) is 7.91. The lowest BCUT2D eigenvalue weighted by molar-refractivity contribution is -0.116. The van der Waals surface area contributed by atoms with Crippen molar-refractivity contribution < 1.29 is 9.59 Å². The summed E-state index contributed by atoms with van der Waals surface area (Å²) in [6.45, 7) is 2.74. The number of carbonyl (C=O) groups excluding carboxylic acids is 2. The summed E-state index contributed by atoms with van der Waals surface area (Å²) in [5, 5.41) is 9.99. The van der Waals surface area contributed by atoms with Crippen molar-refractivity contribution in [2.45, 2.75) is 19.8 Å². The van der Waals surface area contributed by atoms with Gasteiger partial charge in [-0.05, 0) is 54.9 Å². The Balaban J connectivity index is 1.66. The Morgan fingerprint density at radius 1 is 0.923 bits per heavy atom. The molecule has 2 amide bonds. The van der Waals surface area contributed by atoms with Crippen LogP contribution in [0.15, 0.2) is 42.5 Å². The average molecular weight is 394 g/mol. The van der Waals surface area contributed by atoms with Crippen LogP contribution in [-0.2, 0) is 16.0 Å². The van der Waals surface area contributed by atoms with E-state index in [1.54, 1.807) is 30.3 Å². The highest BCUT2D eigenvalue weighted by Crippen LogP contribution is 2.21. The molecular weight excluding hydrogens is 373 g/mol. The van der Waals surface area contributed by atoms with Gasteiger partial charge in [-0.1, -0.05) is 29.3 Å². The number of benzene rings is 2. The summed E-state index contributed by atoms with van der Waals surface area (Å²) >= 11 is 12.0. The van der Waals surface area contributed by atoms with Crippen LogP contribution in [0.5, 0.6) is 0 Å². The van der Waals surface area contributed by atoms with Gasteiger partial charge in [-0.3, -0.25) is 9.59 Å². The third kappa shape index (κ3) is 7.04. The van der Waals surface area contributed by atoms with Gasteiger partial charge in [0.05, 0.1) is 0 Å². The fourth-order valence-electron chi connectivity index (χ4n) is 2.34. The van der Waals surface area contributed by atoms with Crippen LogP contribution in [0.4, 0.5) is 11.4 Å². The highest BCUT2D eigenvalue weighted by Gasteiger charge is 2.04. The van der Waals surface area contributed by atoms with Crippen molar-refractivity contribution in [3.05, 3.63) is 58.1 Å². The van der Waals surface area contributed by atoms with E-state index in [-0.39, 0.29) is 11.8 Å². The number of nitrogens with one attached hydrogen (secondary N) is 3. The van der Waals surface area contributed by atoms with E-state index in [0.717, 1.165) is 18.5 Å². The summed E-state index contributed by atoms with van der Waals surface area (Å²) in [6.07, 6.45) is 1.13. The molecule has 0 atom stereocenters. The first-order chi connectivity index (χ1) is 12.4. The predicted octanol–water partition coefficient (Wildman–Crippen LogP) is 4.11. The number of halogens is 2. The lowest BCUT2D eigenvalue weighted by atomic mass is 10.1. The Bertz CT molecular complexity index is 764. The number of hydrogen-bond acceptors (Lipinski definition) is 3. The van der Waals surface area contributed by atoms with E-state index >= 15 is 0 Å². The van der Waals surface area contributed by atoms with Gasteiger partial charge in [-0.2, -0.15) is 0 Å². The maximum Gasteiger partial charge on any atom is 0.225 e. The first kappa shape index (κ1) is 20.2. The van der Waals surface area contributed by atoms with Gasteiger partial charge in [-0.15, -0.1) is 0 Å². The normalized spacial score (nSPS) is 10.4. The van der Waals surface area contributed by atoms with Gasteiger partial charge in [0.2, 0.25) is 11.8 Å². The molecule has 0 radical (unpaired) electrons. The van der Waals surface area contributed by atoms with Crippen molar-refractivity contribution in [3.8, 4) is 0 Å². The Labute approximate surface area is 163 Å². The standard InChI is InChI=1S/C19H21Cl2N3O2/c1-13(25)23-16-4-6-17(7-5-16)24-19(26)9-11-22-10-8-14-2-3-15(20)12-18(14)21/h2-7,12,22H,8-11H2,1H3,(H,23,25)(H,24,26). The van der Waals surface area contributed by atoms with Crippen LogP contribution >= 0.6 is 23.2 Å². The molecule has 0 aliphatic rings. The third-order valence-corrected chi connectivity index (χ3v) is 4.19. The lowest BCUT2D eigenvalue weighted by Crippen LogP contribution is -2.23. The van der Waals surface area contributed by atoms with Crippen molar-refractivity contribution in [1.29, 1.82) is 0 Å². The van der Waals surface area contributed by atoms with Gasteiger partial charge in [0.1, 0.15) is 0 Å². The third-order valence-electron chi connectivity index (χ3n) is 3.60. The largest absolute Gasteiger partial charge is 0.326 e. The number of carbonyl (C=O) groups is 2. The van der Waals surface area contributed by atoms with Gasteiger partial charge in [0, 0.05) is 41.3 Å². The van der Waals surface area contributed by atoms with E-state index in [1.807, 2.05) is 12.1 Å². The molecule has 7 heteroatoms. The first-order valence-electron chi connectivity index (χ1n) is 8.26. The molecule has 0 saturated heterocycles. The summed E-state index contributed by atoms with van der Waals surface area (Å²) in [4.78, 5) is 22.9. The SMILES string of the molecule is CC(=O)Nc1ccc(NC(=O)CCNCCc2ccc(Cl)cc2Cl)cc1. The van der Waals surface area contributed by atoms with Crippen molar-refractivity contribution >= 4 is 46.4 Å². The zero-order valence-electron chi connectivity index (χ0n) is 14.4. The van der Waals surface area contributed by atoms with Gasteiger partial charge in [-0.25, -0.2) is 0 Å². The average Bonchev–Trinajstić information content (AvgIpc) is 2.57. The van der Waals surface area contributed by atoms with Crippen LogP contribution in [-0.4, -0.2) is 24.9 Å². The molecule has 0 saturated carbocycles. The second-order valence-corrected chi connectivity index (χ2v) is 6.64. The minimum absolute atomic E-state index is 0.0747. The molecule has 0 heterocycles. The molecule has 0 aromatic heterocycles. The summed E-state index contributed by atoms with van der Waals surface area (Å²) in [5.41, 5.74) is 2.40. The zero-order valence-corrected chi connectivity index (χ0v) is 16.0. The zero-order chi connectivity index (χ0) is 18.9. The lowest BCUT2D eigenvalue weighted by Gasteiger charge is -2.08. The first-order valence-corrected chi connectivity index (χ1v) is 9.02. The Morgan fingerprint density at radius 3 is 2.19 bits per heavy atom. The van der Waals surface area contributed by atoms with Crippen LogP contribution in [0.25, 0.3) is 0 Å². The molecule has 0 aliphatic carbocycles. The summed E-state index contributed by atoms with van der Waals surface area (Å²) in [5.74, 6) is -0.206. The number of amides is 2. The molecule has 0 aliphatic heterocycles. The minimum Gasteiger partial charge on any atom is -0.326 e. The second-order valence-electron chi connectivity index (χ2n) is 5.79. The van der Waals surface area contributed by atoms with Crippen LogP contribution < -0.4 is 16.0 Å². The highest BCUT2D eigenvalue weighted by molar-refractivity contribution is 6.35. The Hall–Kier alpha value is -2.08. The molecule has 3 N–H and O–H groups in total. The molecule has 2 aromatic rings. The minimum atomic E-state index is -0.132. The molecule has 5 nitrogen and oxygen atoms in total. The molecule has 26 heavy (non-hydrogen) atoms.